The Morgan fingerprint density at radius 3 is 2.61 bits per heavy atom. The molecule has 0 unspecified atom stereocenters. The van der Waals surface area contributed by atoms with Crippen LogP contribution in [0.3, 0.4) is 0 Å². The summed E-state index contributed by atoms with van der Waals surface area (Å²) in [5.74, 6) is 0.261. The topological polar surface area (TPSA) is 59.1 Å². The van der Waals surface area contributed by atoms with E-state index in [1.807, 2.05) is 35.4 Å². The number of halogens is 1. The molecular formula is C16H21BrN2O4. The molecule has 1 amide bonds. The van der Waals surface area contributed by atoms with Gasteiger partial charge in [-0.25, -0.2) is 4.79 Å². The van der Waals surface area contributed by atoms with Crippen LogP contribution in [0.15, 0.2) is 36.7 Å². The number of esters is 1. The molecule has 0 saturated carbocycles. The first kappa shape index (κ1) is 19.0. The van der Waals surface area contributed by atoms with E-state index in [0.29, 0.717) is 25.6 Å². The molecule has 0 saturated heterocycles. The van der Waals surface area contributed by atoms with Crippen molar-refractivity contribution >= 4 is 28.9 Å². The zero-order valence-corrected chi connectivity index (χ0v) is 14.9. The van der Waals surface area contributed by atoms with Crippen LogP contribution in [0.5, 0.6) is 5.75 Å². The highest BCUT2D eigenvalue weighted by Gasteiger charge is 2.17. The predicted molar refractivity (Wildman–Crippen MR) is 91.0 cm³/mol. The highest BCUT2D eigenvalue weighted by atomic mass is 79.9. The van der Waals surface area contributed by atoms with Crippen LogP contribution in [0, 0.1) is 0 Å². The Morgan fingerprint density at radius 1 is 1.22 bits per heavy atom. The quantitative estimate of drug-likeness (QED) is 0.704. The molecule has 1 aliphatic heterocycles. The minimum absolute atomic E-state index is 0. The van der Waals surface area contributed by atoms with Crippen LogP contribution in [-0.4, -0.2) is 41.6 Å². The number of hydrogen-bond donors (Lipinski definition) is 0. The summed E-state index contributed by atoms with van der Waals surface area (Å²) in [6, 6.07) is 7.52. The van der Waals surface area contributed by atoms with E-state index in [-0.39, 0.29) is 35.5 Å². The SMILES string of the molecule is Br.CCOC(=O)COc1ccccc1CN1C=CN(C(C)=O)C1. The molecule has 7 heteroatoms. The molecule has 0 N–H and O–H groups in total. The highest BCUT2D eigenvalue weighted by Crippen LogP contribution is 2.21. The van der Waals surface area contributed by atoms with Gasteiger partial charge in [0.25, 0.3) is 0 Å². The van der Waals surface area contributed by atoms with Crippen molar-refractivity contribution in [3.8, 4) is 5.75 Å². The lowest BCUT2D eigenvalue weighted by atomic mass is 10.2. The summed E-state index contributed by atoms with van der Waals surface area (Å²) in [5, 5.41) is 0. The van der Waals surface area contributed by atoms with E-state index in [1.54, 1.807) is 18.0 Å². The van der Waals surface area contributed by atoms with E-state index in [0.717, 1.165) is 5.56 Å². The molecule has 0 fully saturated rings. The standard InChI is InChI=1S/C16H20N2O4.BrH/c1-3-21-16(20)11-22-15-7-5-4-6-14(15)10-17-8-9-18(12-17)13(2)19;/h4-9H,3,10-12H2,1-2H3;1H. The van der Waals surface area contributed by atoms with Gasteiger partial charge >= 0.3 is 5.97 Å². The Kier molecular flexibility index (Phi) is 7.61. The van der Waals surface area contributed by atoms with Gasteiger partial charge in [-0.3, -0.25) is 9.69 Å². The zero-order chi connectivity index (χ0) is 15.9. The first-order valence-electron chi connectivity index (χ1n) is 7.16. The van der Waals surface area contributed by atoms with Gasteiger partial charge in [-0.15, -0.1) is 17.0 Å². The first-order valence-corrected chi connectivity index (χ1v) is 7.16. The van der Waals surface area contributed by atoms with E-state index in [9.17, 15) is 9.59 Å². The Labute approximate surface area is 146 Å². The summed E-state index contributed by atoms with van der Waals surface area (Å²) in [6.07, 6.45) is 3.62. The molecule has 1 aliphatic rings. The lowest BCUT2D eigenvalue weighted by molar-refractivity contribution is -0.145. The number of benzene rings is 1. The zero-order valence-electron chi connectivity index (χ0n) is 13.2. The van der Waals surface area contributed by atoms with Crippen LogP contribution in [0.4, 0.5) is 0 Å². The number of para-hydroxylation sites is 1. The fourth-order valence-electron chi connectivity index (χ4n) is 2.11. The molecule has 0 bridgehead atoms. The summed E-state index contributed by atoms with van der Waals surface area (Å²) >= 11 is 0. The van der Waals surface area contributed by atoms with Crippen molar-refractivity contribution in [3.05, 3.63) is 42.2 Å². The van der Waals surface area contributed by atoms with Crippen LogP contribution in [0.1, 0.15) is 19.4 Å². The normalized spacial score (nSPS) is 12.8. The van der Waals surface area contributed by atoms with Gasteiger partial charge in [0, 0.05) is 31.4 Å². The maximum atomic E-state index is 11.4. The van der Waals surface area contributed by atoms with Crippen molar-refractivity contribution in [2.24, 2.45) is 0 Å². The van der Waals surface area contributed by atoms with Crippen molar-refractivity contribution in [2.45, 2.75) is 20.4 Å². The summed E-state index contributed by atoms with van der Waals surface area (Å²) in [6.45, 7) is 4.63. The third-order valence-corrected chi connectivity index (χ3v) is 3.19. The molecular weight excluding hydrogens is 364 g/mol. The van der Waals surface area contributed by atoms with E-state index in [4.69, 9.17) is 9.47 Å². The second-order valence-electron chi connectivity index (χ2n) is 4.88. The monoisotopic (exact) mass is 384 g/mol. The maximum Gasteiger partial charge on any atom is 0.344 e. The molecule has 0 radical (unpaired) electrons. The molecule has 1 heterocycles. The van der Waals surface area contributed by atoms with Crippen LogP contribution in [-0.2, 0) is 20.9 Å². The van der Waals surface area contributed by atoms with E-state index >= 15 is 0 Å². The van der Waals surface area contributed by atoms with Crippen LogP contribution >= 0.6 is 17.0 Å². The Hall–Kier alpha value is -2.02. The van der Waals surface area contributed by atoms with Crippen molar-refractivity contribution in [2.75, 3.05) is 19.9 Å². The fraction of sp³-hybridized carbons (Fsp3) is 0.375. The van der Waals surface area contributed by atoms with Crippen molar-refractivity contribution in [3.63, 3.8) is 0 Å². The molecule has 1 aromatic rings. The number of ether oxygens (including phenoxy) is 2. The average molecular weight is 385 g/mol. The van der Waals surface area contributed by atoms with E-state index < -0.39 is 0 Å². The third-order valence-electron chi connectivity index (χ3n) is 3.19. The number of carbonyl (C=O) groups is 2. The number of hydrogen-bond acceptors (Lipinski definition) is 5. The summed E-state index contributed by atoms with van der Waals surface area (Å²) < 4.78 is 10.4. The van der Waals surface area contributed by atoms with Crippen molar-refractivity contribution < 1.29 is 19.1 Å². The number of nitrogens with zero attached hydrogens (tertiary/aromatic N) is 2. The van der Waals surface area contributed by atoms with Gasteiger partial charge in [0.15, 0.2) is 6.61 Å². The summed E-state index contributed by atoms with van der Waals surface area (Å²) in [4.78, 5) is 26.3. The van der Waals surface area contributed by atoms with E-state index in [2.05, 4.69) is 0 Å². The molecule has 6 nitrogen and oxygen atoms in total. The minimum atomic E-state index is -0.388. The van der Waals surface area contributed by atoms with E-state index in [1.165, 1.54) is 6.92 Å². The molecule has 2 rings (SSSR count). The molecule has 0 aromatic heterocycles. The predicted octanol–water partition coefficient (Wildman–Crippen LogP) is 2.30. The lowest BCUT2D eigenvalue weighted by Crippen LogP contribution is -2.28. The van der Waals surface area contributed by atoms with Gasteiger partial charge < -0.3 is 14.4 Å². The van der Waals surface area contributed by atoms with Crippen molar-refractivity contribution in [1.29, 1.82) is 0 Å². The molecule has 126 valence electrons. The van der Waals surface area contributed by atoms with Crippen LogP contribution < -0.4 is 4.74 Å². The lowest BCUT2D eigenvalue weighted by Gasteiger charge is -2.20. The Morgan fingerprint density at radius 2 is 1.96 bits per heavy atom. The molecule has 0 atom stereocenters. The third kappa shape index (κ3) is 5.59. The Balaban J connectivity index is 0.00000264. The minimum Gasteiger partial charge on any atom is -0.482 e. The summed E-state index contributed by atoms with van der Waals surface area (Å²) in [5.41, 5.74) is 0.946. The first-order chi connectivity index (χ1) is 10.6. The van der Waals surface area contributed by atoms with Gasteiger partial charge in [-0.05, 0) is 13.0 Å². The molecule has 0 aliphatic carbocycles. The highest BCUT2D eigenvalue weighted by molar-refractivity contribution is 8.93. The maximum absolute atomic E-state index is 11.4. The van der Waals surface area contributed by atoms with Crippen molar-refractivity contribution in [1.82, 2.24) is 9.80 Å². The largest absolute Gasteiger partial charge is 0.482 e. The van der Waals surface area contributed by atoms with Crippen LogP contribution in [0.2, 0.25) is 0 Å². The van der Waals surface area contributed by atoms with Gasteiger partial charge in [-0.1, -0.05) is 18.2 Å². The fourth-order valence-corrected chi connectivity index (χ4v) is 2.11. The van der Waals surface area contributed by atoms with Gasteiger partial charge in [0.05, 0.1) is 13.3 Å². The Bertz CT molecular complexity index is 577. The average Bonchev–Trinajstić information content (AvgIpc) is 2.95. The van der Waals surface area contributed by atoms with Crippen LogP contribution in [0.25, 0.3) is 0 Å². The second kappa shape index (κ2) is 9.19. The molecule has 0 spiro atoms. The summed E-state index contributed by atoms with van der Waals surface area (Å²) in [7, 11) is 0. The van der Waals surface area contributed by atoms with Gasteiger partial charge in [0.2, 0.25) is 5.91 Å². The number of amides is 1. The second-order valence-corrected chi connectivity index (χ2v) is 4.88. The molecule has 23 heavy (non-hydrogen) atoms. The van der Waals surface area contributed by atoms with Gasteiger partial charge in [0.1, 0.15) is 5.75 Å². The number of carbonyl (C=O) groups excluding carboxylic acids is 2. The smallest absolute Gasteiger partial charge is 0.344 e. The van der Waals surface area contributed by atoms with Gasteiger partial charge in [-0.2, -0.15) is 0 Å². The number of rotatable bonds is 6. The molecule has 1 aromatic carbocycles.